The molecular formula is C11H16N2O4. The number of amides is 1. The molecule has 2 N–H and O–H groups in total. The normalized spacial score (nSPS) is 22.5. The number of nitriles is 1. The smallest absolute Gasteiger partial charge is 0.326 e. The van der Waals surface area contributed by atoms with Crippen LogP contribution in [-0.4, -0.2) is 35.7 Å². The fourth-order valence-corrected chi connectivity index (χ4v) is 1.74. The van der Waals surface area contributed by atoms with E-state index in [1.807, 2.05) is 6.07 Å². The van der Waals surface area contributed by atoms with Crippen molar-refractivity contribution in [2.75, 3.05) is 6.61 Å². The van der Waals surface area contributed by atoms with Gasteiger partial charge in [0, 0.05) is 18.9 Å². The maximum Gasteiger partial charge on any atom is 0.326 e. The summed E-state index contributed by atoms with van der Waals surface area (Å²) in [5.41, 5.74) is 0. The second-order valence-corrected chi connectivity index (χ2v) is 4.17. The van der Waals surface area contributed by atoms with Crippen LogP contribution in [0, 0.1) is 17.2 Å². The summed E-state index contributed by atoms with van der Waals surface area (Å²) in [7, 11) is 0. The quantitative estimate of drug-likeness (QED) is 0.719. The number of hydrogen-bond acceptors (Lipinski definition) is 4. The summed E-state index contributed by atoms with van der Waals surface area (Å²) in [5.74, 6) is -1.96. The molecule has 0 radical (unpaired) electrons. The molecule has 1 fully saturated rings. The number of nitrogens with zero attached hydrogens (tertiary/aromatic N) is 1. The van der Waals surface area contributed by atoms with Gasteiger partial charge in [-0.15, -0.1) is 0 Å². The number of carbonyl (C=O) groups excluding carboxylic acids is 1. The Hall–Kier alpha value is -1.61. The maximum absolute atomic E-state index is 11.7. The number of carboxylic acid groups (broad SMARTS) is 1. The SMILES string of the molecule is C[C@@H](CC#N)[C@H](NC(=O)[C@@H]1CCCO1)C(=O)O. The third kappa shape index (κ3) is 3.71. The zero-order valence-corrected chi connectivity index (χ0v) is 9.68. The van der Waals surface area contributed by atoms with E-state index in [0.29, 0.717) is 13.0 Å². The minimum absolute atomic E-state index is 0.0861. The molecule has 1 heterocycles. The van der Waals surface area contributed by atoms with Crippen LogP contribution in [0.15, 0.2) is 0 Å². The number of ether oxygens (including phenoxy) is 1. The van der Waals surface area contributed by atoms with E-state index in [2.05, 4.69) is 5.32 Å². The van der Waals surface area contributed by atoms with Gasteiger partial charge in [-0.05, 0) is 12.8 Å². The van der Waals surface area contributed by atoms with Crippen LogP contribution in [0.4, 0.5) is 0 Å². The van der Waals surface area contributed by atoms with Gasteiger partial charge < -0.3 is 15.2 Å². The van der Waals surface area contributed by atoms with E-state index in [4.69, 9.17) is 15.1 Å². The lowest BCUT2D eigenvalue weighted by Crippen LogP contribution is -2.48. The monoisotopic (exact) mass is 240 g/mol. The van der Waals surface area contributed by atoms with Crippen LogP contribution in [0.5, 0.6) is 0 Å². The van der Waals surface area contributed by atoms with Gasteiger partial charge >= 0.3 is 5.97 Å². The molecule has 0 saturated carbocycles. The summed E-state index contributed by atoms with van der Waals surface area (Å²) in [4.78, 5) is 22.7. The molecule has 1 amide bonds. The summed E-state index contributed by atoms with van der Waals surface area (Å²) >= 11 is 0. The van der Waals surface area contributed by atoms with E-state index in [0.717, 1.165) is 6.42 Å². The van der Waals surface area contributed by atoms with Crippen LogP contribution in [0.3, 0.4) is 0 Å². The summed E-state index contributed by atoms with van der Waals surface area (Å²) < 4.78 is 5.17. The minimum Gasteiger partial charge on any atom is -0.480 e. The summed E-state index contributed by atoms with van der Waals surface area (Å²) in [5, 5.41) is 20.0. The Morgan fingerprint density at radius 3 is 2.82 bits per heavy atom. The highest BCUT2D eigenvalue weighted by molar-refractivity contribution is 5.86. The predicted octanol–water partition coefficient (Wildman–Crippen LogP) is 0.285. The molecule has 0 aromatic rings. The van der Waals surface area contributed by atoms with Gasteiger partial charge in [-0.1, -0.05) is 6.92 Å². The number of carbonyl (C=O) groups is 2. The highest BCUT2D eigenvalue weighted by atomic mass is 16.5. The largest absolute Gasteiger partial charge is 0.480 e. The van der Waals surface area contributed by atoms with Gasteiger partial charge in [-0.25, -0.2) is 4.79 Å². The van der Waals surface area contributed by atoms with E-state index >= 15 is 0 Å². The number of carboxylic acids is 1. The molecule has 0 spiro atoms. The van der Waals surface area contributed by atoms with E-state index in [9.17, 15) is 9.59 Å². The second kappa shape index (κ2) is 6.21. The van der Waals surface area contributed by atoms with Gasteiger partial charge in [0.05, 0.1) is 6.07 Å². The molecule has 6 nitrogen and oxygen atoms in total. The molecule has 1 rings (SSSR count). The number of nitrogens with one attached hydrogen (secondary N) is 1. The molecule has 94 valence electrons. The van der Waals surface area contributed by atoms with Crippen molar-refractivity contribution >= 4 is 11.9 Å². The Morgan fingerprint density at radius 1 is 1.65 bits per heavy atom. The van der Waals surface area contributed by atoms with Gasteiger partial charge in [-0.3, -0.25) is 4.79 Å². The van der Waals surface area contributed by atoms with Crippen molar-refractivity contribution in [3.05, 3.63) is 0 Å². The van der Waals surface area contributed by atoms with Gasteiger partial charge in [-0.2, -0.15) is 5.26 Å². The molecule has 0 aliphatic carbocycles. The van der Waals surface area contributed by atoms with Crippen LogP contribution in [0.2, 0.25) is 0 Å². The van der Waals surface area contributed by atoms with Crippen LogP contribution in [0.25, 0.3) is 0 Å². The van der Waals surface area contributed by atoms with Gasteiger partial charge in [0.1, 0.15) is 12.1 Å². The van der Waals surface area contributed by atoms with Crippen LogP contribution < -0.4 is 5.32 Å². The van der Waals surface area contributed by atoms with Crippen LogP contribution in [0.1, 0.15) is 26.2 Å². The minimum atomic E-state index is -1.13. The lowest BCUT2D eigenvalue weighted by molar-refractivity contribution is -0.145. The van der Waals surface area contributed by atoms with Crippen LogP contribution in [-0.2, 0) is 14.3 Å². The molecule has 1 aliphatic rings. The standard InChI is InChI=1S/C11H16N2O4/c1-7(4-5-12)9(11(15)16)13-10(14)8-3-2-6-17-8/h7-9H,2-4,6H2,1H3,(H,13,14)(H,15,16)/t7-,8-,9-/m0/s1. The molecule has 17 heavy (non-hydrogen) atoms. The Morgan fingerprint density at radius 2 is 2.35 bits per heavy atom. The number of rotatable bonds is 5. The topological polar surface area (TPSA) is 99.4 Å². The zero-order valence-electron chi connectivity index (χ0n) is 9.68. The van der Waals surface area contributed by atoms with Gasteiger partial charge in [0.25, 0.3) is 0 Å². The average molecular weight is 240 g/mol. The highest BCUT2D eigenvalue weighted by Gasteiger charge is 2.31. The first-order valence-electron chi connectivity index (χ1n) is 5.58. The van der Waals surface area contributed by atoms with Crippen molar-refractivity contribution in [1.82, 2.24) is 5.32 Å². The average Bonchev–Trinajstić information content (AvgIpc) is 2.78. The van der Waals surface area contributed by atoms with Crippen molar-refractivity contribution < 1.29 is 19.4 Å². The fourth-order valence-electron chi connectivity index (χ4n) is 1.74. The lowest BCUT2D eigenvalue weighted by Gasteiger charge is -2.21. The van der Waals surface area contributed by atoms with Crippen molar-refractivity contribution in [2.45, 2.75) is 38.3 Å². The highest BCUT2D eigenvalue weighted by Crippen LogP contribution is 2.14. The number of aliphatic carboxylic acids is 1. The van der Waals surface area contributed by atoms with Crippen molar-refractivity contribution in [1.29, 1.82) is 5.26 Å². The fraction of sp³-hybridized carbons (Fsp3) is 0.727. The van der Waals surface area contributed by atoms with E-state index in [1.165, 1.54) is 0 Å². The maximum atomic E-state index is 11.7. The van der Waals surface area contributed by atoms with Crippen molar-refractivity contribution in [3.8, 4) is 6.07 Å². The summed E-state index contributed by atoms with van der Waals surface area (Å²) in [6.07, 6.45) is 0.961. The molecule has 3 atom stereocenters. The molecule has 1 aliphatic heterocycles. The van der Waals surface area contributed by atoms with Gasteiger partial charge in [0.2, 0.25) is 5.91 Å². The van der Waals surface area contributed by atoms with Crippen molar-refractivity contribution in [2.24, 2.45) is 5.92 Å². The zero-order chi connectivity index (χ0) is 12.8. The molecule has 1 saturated heterocycles. The first-order valence-corrected chi connectivity index (χ1v) is 5.58. The summed E-state index contributed by atoms with van der Waals surface area (Å²) in [6, 6.07) is 0.864. The third-order valence-electron chi connectivity index (χ3n) is 2.77. The van der Waals surface area contributed by atoms with Crippen molar-refractivity contribution in [3.63, 3.8) is 0 Å². The van der Waals surface area contributed by atoms with Gasteiger partial charge in [0.15, 0.2) is 0 Å². The Balaban J connectivity index is 2.57. The predicted molar refractivity (Wildman–Crippen MR) is 57.9 cm³/mol. The van der Waals surface area contributed by atoms with Crippen LogP contribution >= 0.6 is 0 Å². The first-order chi connectivity index (χ1) is 8.06. The summed E-state index contributed by atoms with van der Waals surface area (Å²) in [6.45, 7) is 2.15. The molecule has 0 bridgehead atoms. The third-order valence-corrected chi connectivity index (χ3v) is 2.77. The molecular weight excluding hydrogens is 224 g/mol. The Kier molecular flexibility index (Phi) is 4.91. The number of hydrogen-bond donors (Lipinski definition) is 2. The second-order valence-electron chi connectivity index (χ2n) is 4.17. The van der Waals surface area contributed by atoms with E-state index < -0.39 is 29.9 Å². The lowest BCUT2D eigenvalue weighted by atomic mass is 9.98. The Bertz CT molecular complexity index is 331. The molecule has 6 heteroatoms. The Labute approximate surface area is 99.6 Å². The van der Waals surface area contributed by atoms with E-state index in [1.54, 1.807) is 6.92 Å². The van der Waals surface area contributed by atoms with E-state index in [-0.39, 0.29) is 6.42 Å². The molecule has 0 unspecified atom stereocenters. The first kappa shape index (κ1) is 13.5. The molecule has 0 aromatic carbocycles. The molecule has 0 aromatic heterocycles.